The van der Waals surface area contributed by atoms with E-state index in [2.05, 4.69) is 11.9 Å². The van der Waals surface area contributed by atoms with E-state index in [1.54, 1.807) is 0 Å². The zero-order chi connectivity index (χ0) is 14.3. The average molecular weight is 301 g/mol. The second-order valence-corrected chi connectivity index (χ2v) is 5.54. The van der Waals surface area contributed by atoms with Crippen LogP contribution in [-0.4, -0.2) is 35.2 Å². The van der Waals surface area contributed by atoms with Crippen LogP contribution >= 0.6 is 23.8 Å². The van der Waals surface area contributed by atoms with Gasteiger partial charge in [-0.1, -0.05) is 36.0 Å². The van der Waals surface area contributed by atoms with Gasteiger partial charge in [-0.2, -0.15) is 0 Å². The third-order valence-corrected chi connectivity index (χ3v) is 3.56. The van der Waals surface area contributed by atoms with Gasteiger partial charge in [0.15, 0.2) is 0 Å². The van der Waals surface area contributed by atoms with Gasteiger partial charge < -0.3 is 15.7 Å². The number of thiocarbonyl (C=S) groups is 1. The van der Waals surface area contributed by atoms with Gasteiger partial charge in [-0.15, -0.1) is 0 Å². The van der Waals surface area contributed by atoms with E-state index in [1.165, 1.54) is 0 Å². The van der Waals surface area contributed by atoms with Crippen molar-refractivity contribution < 1.29 is 5.11 Å². The minimum atomic E-state index is 0.274. The quantitative estimate of drug-likeness (QED) is 0.572. The highest BCUT2D eigenvalue weighted by atomic mass is 35.5. The molecule has 1 aromatic rings. The zero-order valence-corrected chi connectivity index (χ0v) is 12.8. The summed E-state index contributed by atoms with van der Waals surface area (Å²) in [5.41, 5.74) is 7.45. The van der Waals surface area contributed by atoms with Gasteiger partial charge in [0.05, 0.1) is 0 Å². The maximum absolute atomic E-state index is 8.72. The van der Waals surface area contributed by atoms with Crippen molar-refractivity contribution >= 4 is 28.8 Å². The molecule has 1 rings (SSSR count). The third-order valence-electron chi connectivity index (χ3n) is 2.98. The maximum atomic E-state index is 8.72. The molecule has 0 saturated heterocycles. The second kappa shape index (κ2) is 8.48. The third kappa shape index (κ3) is 5.87. The number of nitrogens with two attached hydrogens (primary N) is 1. The first-order valence-corrected chi connectivity index (χ1v) is 7.21. The van der Waals surface area contributed by atoms with Crippen LogP contribution < -0.4 is 5.73 Å². The molecule has 0 saturated carbocycles. The zero-order valence-electron chi connectivity index (χ0n) is 11.2. The number of aliphatic hydroxyl groups excluding tert-OH is 1. The van der Waals surface area contributed by atoms with Crippen molar-refractivity contribution in [2.24, 2.45) is 5.73 Å². The van der Waals surface area contributed by atoms with E-state index in [0.717, 1.165) is 43.5 Å². The topological polar surface area (TPSA) is 49.5 Å². The van der Waals surface area contributed by atoms with Crippen LogP contribution in [0.3, 0.4) is 0 Å². The number of unbranched alkanes of at least 4 members (excludes halogenated alkanes) is 2. The van der Waals surface area contributed by atoms with E-state index < -0.39 is 0 Å². The second-order valence-electron chi connectivity index (χ2n) is 4.69. The van der Waals surface area contributed by atoms with Crippen LogP contribution in [0.15, 0.2) is 18.2 Å². The lowest BCUT2D eigenvalue weighted by molar-refractivity contribution is 0.271. The minimum Gasteiger partial charge on any atom is -0.396 e. The Bertz CT molecular complexity index is 426. The van der Waals surface area contributed by atoms with E-state index in [4.69, 9.17) is 34.7 Å². The highest BCUT2D eigenvalue weighted by Crippen LogP contribution is 2.19. The predicted octanol–water partition coefficient (Wildman–Crippen LogP) is 2.57. The molecule has 3 N–H and O–H groups in total. The molecule has 0 bridgehead atoms. The Morgan fingerprint density at radius 3 is 2.68 bits per heavy atom. The summed E-state index contributed by atoms with van der Waals surface area (Å²) in [4.78, 5) is 2.59. The van der Waals surface area contributed by atoms with Crippen LogP contribution in [0.1, 0.15) is 30.4 Å². The van der Waals surface area contributed by atoms with Gasteiger partial charge in [0, 0.05) is 23.7 Å². The first-order chi connectivity index (χ1) is 9.04. The van der Waals surface area contributed by atoms with Crippen molar-refractivity contribution in [1.29, 1.82) is 0 Å². The number of hydrogen-bond acceptors (Lipinski definition) is 3. The van der Waals surface area contributed by atoms with E-state index in [1.807, 2.05) is 18.2 Å². The molecule has 0 aromatic heterocycles. The minimum absolute atomic E-state index is 0.274. The first kappa shape index (κ1) is 16.4. The van der Waals surface area contributed by atoms with Gasteiger partial charge in [0.1, 0.15) is 4.99 Å². The number of aliphatic hydroxyl groups is 1. The largest absolute Gasteiger partial charge is 0.396 e. The van der Waals surface area contributed by atoms with E-state index in [0.29, 0.717) is 10.0 Å². The number of hydrogen-bond donors (Lipinski definition) is 2. The normalized spacial score (nSPS) is 10.9. The Labute approximate surface area is 125 Å². The van der Waals surface area contributed by atoms with Gasteiger partial charge in [-0.05, 0) is 44.5 Å². The molecule has 0 aliphatic rings. The highest BCUT2D eigenvalue weighted by Gasteiger charge is 2.06. The number of halogens is 1. The Balaban J connectivity index is 2.50. The van der Waals surface area contributed by atoms with Crippen LogP contribution in [0.25, 0.3) is 0 Å². The molecule has 0 radical (unpaired) electrons. The van der Waals surface area contributed by atoms with Crippen LogP contribution in [0.5, 0.6) is 0 Å². The van der Waals surface area contributed by atoms with E-state index in [-0.39, 0.29) is 6.61 Å². The summed E-state index contributed by atoms with van der Waals surface area (Å²) >= 11 is 11.1. The van der Waals surface area contributed by atoms with Crippen molar-refractivity contribution in [1.82, 2.24) is 4.90 Å². The molecule has 19 heavy (non-hydrogen) atoms. The van der Waals surface area contributed by atoms with E-state index in [9.17, 15) is 0 Å². The van der Waals surface area contributed by atoms with Crippen molar-refractivity contribution in [2.45, 2.75) is 25.8 Å². The molecule has 1 aromatic carbocycles. The van der Waals surface area contributed by atoms with Crippen molar-refractivity contribution in [2.75, 3.05) is 20.2 Å². The lowest BCUT2D eigenvalue weighted by Crippen LogP contribution is -2.19. The summed E-state index contributed by atoms with van der Waals surface area (Å²) in [6.07, 6.45) is 3.01. The van der Waals surface area contributed by atoms with Crippen LogP contribution in [0.4, 0.5) is 0 Å². The molecule has 3 nitrogen and oxygen atoms in total. The van der Waals surface area contributed by atoms with Crippen LogP contribution in [0, 0.1) is 0 Å². The van der Waals surface area contributed by atoms with E-state index >= 15 is 0 Å². The lowest BCUT2D eigenvalue weighted by atomic mass is 10.1. The van der Waals surface area contributed by atoms with Gasteiger partial charge in [-0.25, -0.2) is 0 Å². The Hall–Kier alpha value is -0.680. The summed E-state index contributed by atoms with van der Waals surface area (Å²) in [6.45, 7) is 2.07. The Morgan fingerprint density at radius 2 is 2.11 bits per heavy atom. The maximum Gasteiger partial charge on any atom is 0.104 e. The fourth-order valence-electron chi connectivity index (χ4n) is 1.87. The molecule has 0 unspecified atom stereocenters. The summed E-state index contributed by atoms with van der Waals surface area (Å²) in [6, 6.07) is 5.70. The molecular formula is C14H21ClN2OS. The Morgan fingerprint density at radius 1 is 1.37 bits per heavy atom. The molecule has 0 aliphatic carbocycles. The Kier molecular flexibility index (Phi) is 7.31. The molecule has 106 valence electrons. The van der Waals surface area contributed by atoms with Crippen molar-refractivity contribution in [3.8, 4) is 0 Å². The molecule has 0 spiro atoms. The molecule has 0 fully saturated rings. The van der Waals surface area contributed by atoms with Crippen molar-refractivity contribution in [3.05, 3.63) is 34.3 Å². The number of nitrogens with zero attached hydrogens (tertiary/aromatic N) is 1. The monoisotopic (exact) mass is 300 g/mol. The summed E-state index contributed by atoms with van der Waals surface area (Å²) in [5.74, 6) is 0. The van der Waals surface area contributed by atoms with Gasteiger partial charge >= 0.3 is 0 Å². The van der Waals surface area contributed by atoms with Crippen LogP contribution in [0.2, 0.25) is 5.02 Å². The molecule has 0 atom stereocenters. The van der Waals surface area contributed by atoms with Gasteiger partial charge in [0.2, 0.25) is 0 Å². The SMILES string of the molecule is CN(CCCCCO)Cc1ccc(C(N)=S)cc1Cl. The van der Waals surface area contributed by atoms with Crippen molar-refractivity contribution in [3.63, 3.8) is 0 Å². The first-order valence-electron chi connectivity index (χ1n) is 6.42. The van der Waals surface area contributed by atoms with Gasteiger partial charge in [-0.3, -0.25) is 0 Å². The lowest BCUT2D eigenvalue weighted by Gasteiger charge is -2.17. The molecule has 5 heteroatoms. The standard InChI is InChI=1S/C14H21ClN2OS/c1-17(7-3-2-4-8-18)10-12-6-5-11(14(16)19)9-13(12)15/h5-6,9,18H,2-4,7-8,10H2,1H3,(H2,16,19). The predicted molar refractivity (Wildman–Crippen MR) is 84.6 cm³/mol. The summed E-state index contributed by atoms with van der Waals surface area (Å²) < 4.78 is 0. The van der Waals surface area contributed by atoms with Gasteiger partial charge in [0.25, 0.3) is 0 Å². The molecule has 0 aliphatic heterocycles. The fraction of sp³-hybridized carbons (Fsp3) is 0.500. The summed E-state index contributed by atoms with van der Waals surface area (Å²) in [5, 5.41) is 9.42. The molecular weight excluding hydrogens is 280 g/mol. The average Bonchev–Trinajstić information content (AvgIpc) is 2.37. The highest BCUT2D eigenvalue weighted by molar-refractivity contribution is 7.80. The number of rotatable bonds is 8. The molecule has 0 amide bonds. The van der Waals surface area contributed by atoms with Crippen LogP contribution in [-0.2, 0) is 6.54 Å². The number of benzene rings is 1. The fourth-order valence-corrected chi connectivity index (χ4v) is 2.24. The summed E-state index contributed by atoms with van der Waals surface area (Å²) in [7, 11) is 2.07. The molecule has 0 heterocycles. The smallest absolute Gasteiger partial charge is 0.104 e.